The zero-order valence-corrected chi connectivity index (χ0v) is 20.3. The van der Waals surface area contributed by atoms with Crippen molar-refractivity contribution in [2.24, 2.45) is 0 Å². The first-order valence-electron chi connectivity index (χ1n) is 12.7. The highest BCUT2D eigenvalue weighted by Crippen LogP contribution is 2.15. The van der Waals surface area contributed by atoms with E-state index in [1.807, 2.05) is 0 Å². The van der Waals surface area contributed by atoms with Gasteiger partial charge in [0.2, 0.25) is 0 Å². The molecule has 0 fully saturated rings. The summed E-state index contributed by atoms with van der Waals surface area (Å²) in [6, 6.07) is 3.31. The van der Waals surface area contributed by atoms with Crippen molar-refractivity contribution in [1.29, 1.82) is 0 Å². The first kappa shape index (κ1) is 28.7. The Balaban J connectivity index is 2.03. The van der Waals surface area contributed by atoms with Crippen molar-refractivity contribution in [3.8, 4) is 0 Å². The molecular formula is C27H42O6. The van der Waals surface area contributed by atoms with E-state index in [0.717, 1.165) is 37.5 Å². The van der Waals surface area contributed by atoms with Gasteiger partial charge in [-0.25, -0.2) is 14.4 Å². The van der Waals surface area contributed by atoms with Crippen molar-refractivity contribution < 1.29 is 29.3 Å². The molecule has 1 rings (SSSR count). The molecule has 0 aliphatic rings. The molecule has 0 aromatic heterocycles. The van der Waals surface area contributed by atoms with Crippen LogP contribution in [-0.4, -0.2) is 34.7 Å². The molecule has 1 aromatic carbocycles. The average Bonchev–Trinajstić information content (AvgIpc) is 2.80. The van der Waals surface area contributed by atoms with Crippen LogP contribution in [0.3, 0.4) is 0 Å². The van der Waals surface area contributed by atoms with Crippen LogP contribution in [0.2, 0.25) is 0 Å². The molecule has 186 valence electrons. The average molecular weight is 463 g/mol. The van der Waals surface area contributed by atoms with Gasteiger partial charge in [0.15, 0.2) is 0 Å². The second-order valence-electron chi connectivity index (χ2n) is 8.85. The maximum absolute atomic E-state index is 12.1. The smallest absolute Gasteiger partial charge is 0.338 e. The van der Waals surface area contributed by atoms with Gasteiger partial charge in [-0.15, -0.1) is 0 Å². The third-order valence-corrected chi connectivity index (χ3v) is 5.89. The van der Waals surface area contributed by atoms with Gasteiger partial charge in [0.1, 0.15) is 0 Å². The number of hydrogen-bond donors (Lipinski definition) is 2. The van der Waals surface area contributed by atoms with Crippen LogP contribution in [-0.2, 0) is 4.74 Å². The molecule has 0 spiro atoms. The minimum absolute atomic E-state index is 0.0520. The Morgan fingerprint density at radius 1 is 0.576 bits per heavy atom. The van der Waals surface area contributed by atoms with Gasteiger partial charge in [-0.3, -0.25) is 0 Å². The van der Waals surface area contributed by atoms with Gasteiger partial charge >= 0.3 is 17.9 Å². The minimum Gasteiger partial charge on any atom is -0.478 e. The van der Waals surface area contributed by atoms with E-state index in [9.17, 15) is 14.4 Å². The van der Waals surface area contributed by atoms with Gasteiger partial charge in [-0.2, -0.15) is 0 Å². The Kier molecular flexibility index (Phi) is 15.7. The molecule has 33 heavy (non-hydrogen) atoms. The van der Waals surface area contributed by atoms with E-state index in [4.69, 9.17) is 14.9 Å². The lowest BCUT2D eigenvalue weighted by atomic mass is 10.0. The van der Waals surface area contributed by atoms with Gasteiger partial charge < -0.3 is 14.9 Å². The summed E-state index contributed by atoms with van der Waals surface area (Å²) in [4.78, 5) is 34.4. The zero-order valence-electron chi connectivity index (χ0n) is 20.3. The van der Waals surface area contributed by atoms with Gasteiger partial charge in [0, 0.05) is 0 Å². The number of carboxylic acids is 2. The van der Waals surface area contributed by atoms with E-state index in [2.05, 4.69) is 6.92 Å². The second-order valence-corrected chi connectivity index (χ2v) is 8.85. The minimum atomic E-state index is -1.29. The van der Waals surface area contributed by atoms with Crippen LogP contribution in [0, 0.1) is 0 Å². The lowest BCUT2D eigenvalue weighted by Gasteiger charge is -2.07. The summed E-state index contributed by atoms with van der Waals surface area (Å²) < 4.78 is 5.19. The lowest BCUT2D eigenvalue weighted by molar-refractivity contribution is 0.0497. The van der Waals surface area contributed by atoms with Crippen molar-refractivity contribution in [3.63, 3.8) is 0 Å². The monoisotopic (exact) mass is 462 g/mol. The number of benzene rings is 1. The van der Waals surface area contributed by atoms with Crippen molar-refractivity contribution in [2.75, 3.05) is 6.61 Å². The number of carboxylic acid groups (broad SMARTS) is 2. The van der Waals surface area contributed by atoms with Crippen molar-refractivity contribution in [3.05, 3.63) is 34.9 Å². The molecule has 1 aromatic rings. The molecule has 0 bridgehead atoms. The van der Waals surface area contributed by atoms with Gasteiger partial charge in [-0.05, 0) is 24.6 Å². The molecule has 6 heteroatoms. The fraction of sp³-hybridized carbons (Fsp3) is 0.667. The lowest BCUT2D eigenvalue weighted by Crippen LogP contribution is -2.11. The van der Waals surface area contributed by atoms with Crippen LogP contribution < -0.4 is 0 Å². The molecule has 2 N–H and O–H groups in total. The van der Waals surface area contributed by atoms with Crippen LogP contribution in [0.15, 0.2) is 18.2 Å². The zero-order chi connectivity index (χ0) is 24.3. The van der Waals surface area contributed by atoms with Crippen molar-refractivity contribution in [1.82, 2.24) is 0 Å². The third-order valence-electron chi connectivity index (χ3n) is 5.89. The number of rotatable bonds is 20. The second kappa shape index (κ2) is 18.1. The summed E-state index contributed by atoms with van der Waals surface area (Å²) in [5, 5.41) is 18.2. The predicted molar refractivity (Wildman–Crippen MR) is 130 cm³/mol. The molecule has 6 nitrogen and oxygen atoms in total. The fourth-order valence-electron chi connectivity index (χ4n) is 3.89. The maximum Gasteiger partial charge on any atom is 0.338 e. The van der Waals surface area contributed by atoms with E-state index in [-0.39, 0.29) is 23.3 Å². The highest BCUT2D eigenvalue weighted by Gasteiger charge is 2.16. The molecule has 0 atom stereocenters. The maximum atomic E-state index is 12.1. The van der Waals surface area contributed by atoms with E-state index >= 15 is 0 Å². The number of carbonyl (C=O) groups excluding carboxylic acids is 1. The molecule has 0 aliphatic heterocycles. The number of ether oxygens (including phenoxy) is 1. The third kappa shape index (κ3) is 13.7. The molecule has 0 heterocycles. The Bertz CT molecular complexity index is 680. The van der Waals surface area contributed by atoms with Gasteiger partial charge in [0.05, 0.1) is 23.3 Å². The van der Waals surface area contributed by atoms with Crippen molar-refractivity contribution >= 4 is 17.9 Å². The summed E-state index contributed by atoms with van der Waals surface area (Å²) >= 11 is 0. The summed E-state index contributed by atoms with van der Waals surface area (Å²) in [6.45, 7) is 2.50. The summed E-state index contributed by atoms with van der Waals surface area (Å²) in [5.74, 6) is -3.27. The summed E-state index contributed by atoms with van der Waals surface area (Å²) in [7, 11) is 0. The van der Waals surface area contributed by atoms with Crippen LogP contribution in [0.1, 0.15) is 141 Å². The molecular weight excluding hydrogens is 420 g/mol. The highest BCUT2D eigenvalue weighted by atomic mass is 16.5. The quantitative estimate of drug-likeness (QED) is 0.154. The Labute approximate surface area is 198 Å². The van der Waals surface area contributed by atoms with Gasteiger partial charge in [0.25, 0.3) is 0 Å². The largest absolute Gasteiger partial charge is 0.478 e. The standard InChI is InChI=1S/C27H42O6/c1-2-3-4-5-6-7-8-9-10-11-12-13-14-15-16-17-18-33-27(32)24-20-22(25(28)29)19-23(21-24)26(30)31/h19-21H,2-18H2,1H3,(H,28,29)(H,30,31). The topological polar surface area (TPSA) is 101 Å². The summed E-state index contributed by atoms with van der Waals surface area (Å²) in [6.07, 6.45) is 20.2. The summed E-state index contributed by atoms with van der Waals surface area (Å²) in [5.41, 5.74) is -0.544. The van der Waals surface area contributed by atoms with Crippen LogP contribution in [0.5, 0.6) is 0 Å². The molecule has 0 radical (unpaired) electrons. The van der Waals surface area contributed by atoms with Gasteiger partial charge in [-0.1, -0.05) is 103 Å². The Morgan fingerprint density at radius 2 is 0.909 bits per heavy atom. The fourth-order valence-corrected chi connectivity index (χ4v) is 3.89. The van der Waals surface area contributed by atoms with E-state index in [1.54, 1.807) is 0 Å². The van der Waals surface area contributed by atoms with E-state index < -0.39 is 17.9 Å². The Morgan fingerprint density at radius 3 is 1.27 bits per heavy atom. The first-order valence-corrected chi connectivity index (χ1v) is 12.7. The molecule has 0 amide bonds. The Hall–Kier alpha value is -2.37. The van der Waals surface area contributed by atoms with Crippen molar-refractivity contribution in [2.45, 2.75) is 110 Å². The number of carbonyl (C=O) groups is 3. The first-order chi connectivity index (χ1) is 16.0. The molecule has 0 unspecified atom stereocenters. The predicted octanol–water partition coefficient (Wildman–Crippen LogP) is 7.50. The molecule has 0 saturated heterocycles. The van der Waals surface area contributed by atoms with Crippen LogP contribution >= 0.6 is 0 Å². The van der Waals surface area contributed by atoms with Crippen LogP contribution in [0.4, 0.5) is 0 Å². The number of hydrogen-bond acceptors (Lipinski definition) is 4. The number of esters is 1. The van der Waals surface area contributed by atoms with Crippen LogP contribution in [0.25, 0.3) is 0 Å². The molecule has 0 saturated carbocycles. The van der Waals surface area contributed by atoms with E-state index in [1.165, 1.54) is 83.5 Å². The highest BCUT2D eigenvalue weighted by molar-refractivity contribution is 5.99. The SMILES string of the molecule is CCCCCCCCCCCCCCCCCCOC(=O)c1cc(C(=O)O)cc(C(=O)O)c1. The molecule has 0 aliphatic carbocycles. The van der Waals surface area contributed by atoms with E-state index in [0.29, 0.717) is 0 Å². The number of unbranched alkanes of at least 4 members (excludes halogenated alkanes) is 15. The number of aromatic carboxylic acids is 2. The normalized spacial score (nSPS) is 10.8.